The van der Waals surface area contributed by atoms with Gasteiger partial charge in [-0.25, -0.2) is 4.79 Å². The van der Waals surface area contributed by atoms with Crippen molar-refractivity contribution in [2.24, 2.45) is 0 Å². The number of rotatable bonds is 4. The smallest absolute Gasteiger partial charge is 0.340 e. The van der Waals surface area contributed by atoms with Gasteiger partial charge in [-0.1, -0.05) is 47.5 Å². The fraction of sp³-hybridized carbons (Fsp3) is 0.154. The Kier molecular flexibility index (Phi) is 6.19. The first kappa shape index (κ1) is 22.9. The summed E-state index contributed by atoms with van der Waals surface area (Å²) in [5, 5.41) is 1.03. The highest BCUT2D eigenvalue weighted by molar-refractivity contribution is 6.35. The van der Waals surface area contributed by atoms with Gasteiger partial charge in [-0.3, -0.25) is 9.69 Å². The van der Waals surface area contributed by atoms with Crippen LogP contribution in [0.1, 0.15) is 23.9 Å². The predicted octanol–water partition coefficient (Wildman–Crippen LogP) is 6.28. The van der Waals surface area contributed by atoms with E-state index in [9.17, 15) is 9.59 Å². The van der Waals surface area contributed by atoms with Crippen molar-refractivity contribution >= 4 is 46.8 Å². The first-order valence-corrected chi connectivity index (χ1v) is 11.1. The van der Waals surface area contributed by atoms with Crippen molar-refractivity contribution in [2.75, 3.05) is 12.0 Å². The highest BCUT2D eigenvalue weighted by Crippen LogP contribution is 2.39. The minimum atomic E-state index is -0.582. The van der Waals surface area contributed by atoms with E-state index in [1.807, 2.05) is 48.7 Å². The number of hydrogen-bond acceptors (Lipinski definition) is 3. The molecule has 0 N–H and O–H groups in total. The lowest BCUT2D eigenvalue weighted by molar-refractivity contribution is -0.136. The van der Waals surface area contributed by atoms with Gasteiger partial charge < -0.3 is 9.30 Å². The van der Waals surface area contributed by atoms with Gasteiger partial charge in [-0.2, -0.15) is 0 Å². The number of para-hydroxylation sites is 2. The van der Waals surface area contributed by atoms with E-state index >= 15 is 0 Å². The Morgan fingerprint density at radius 2 is 1.52 bits per heavy atom. The van der Waals surface area contributed by atoms with Crippen LogP contribution < -0.4 is 4.90 Å². The van der Waals surface area contributed by atoms with Crippen molar-refractivity contribution in [3.05, 3.63) is 98.4 Å². The first-order chi connectivity index (χ1) is 15.8. The van der Waals surface area contributed by atoms with Gasteiger partial charge >= 0.3 is 5.97 Å². The van der Waals surface area contributed by atoms with Crippen LogP contribution in [0.3, 0.4) is 0 Å². The molecule has 168 valence electrons. The van der Waals surface area contributed by atoms with Gasteiger partial charge in [0.25, 0.3) is 5.91 Å². The quantitative estimate of drug-likeness (QED) is 0.326. The Morgan fingerprint density at radius 1 is 0.939 bits per heavy atom. The van der Waals surface area contributed by atoms with Crippen LogP contribution in [0.15, 0.2) is 71.4 Å². The molecule has 0 atom stereocenters. The number of nitrogens with zero attached hydrogens (tertiary/aromatic N) is 2. The molecule has 1 aliphatic rings. The lowest BCUT2D eigenvalue weighted by Crippen LogP contribution is -2.24. The fourth-order valence-corrected chi connectivity index (χ4v) is 4.64. The van der Waals surface area contributed by atoms with Crippen LogP contribution in [0.2, 0.25) is 10.0 Å². The van der Waals surface area contributed by atoms with Crippen molar-refractivity contribution in [2.45, 2.75) is 20.8 Å². The van der Waals surface area contributed by atoms with Gasteiger partial charge in [0.15, 0.2) is 0 Å². The SMILES string of the molecule is COC(=O)C1=C(C)N(c2ccccc2Cl)C(=O)/C1=C\c1cc(C)n(-c2ccccc2Cl)c1C. The molecule has 0 saturated heterocycles. The number of halogens is 2. The summed E-state index contributed by atoms with van der Waals surface area (Å²) in [5.74, 6) is -0.926. The maximum atomic E-state index is 13.6. The van der Waals surface area contributed by atoms with Crippen LogP contribution in [0.5, 0.6) is 0 Å². The number of benzene rings is 2. The standard InChI is InChI=1S/C26H22Cl2N2O3/c1-15-13-18(16(2)29(15)22-11-7-5-9-20(22)27)14-19-24(26(32)33-4)17(3)30(25(19)31)23-12-8-6-10-21(23)28/h5-14H,1-4H3/b19-14-. The Labute approximate surface area is 202 Å². The molecule has 0 unspecified atom stereocenters. The summed E-state index contributed by atoms with van der Waals surface area (Å²) in [4.78, 5) is 27.7. The van der Waals surface area contributed by atoms with Crippen LogP contribution in [0, 0.1) is 13.8 Å². The lowest BCUT2D eigenvalue weighted by Gasteiger charge is -2.19. The van der Waals surface area contributed by atoms with Gasteiger partial charge in [0, 0.05) is 17.1 Å². The Bertz CT molecular complexity index is 1350. The third-order valence-corrected chi connectivity index (χ3v) is 6.39. The van der Waals surface area contributed by atoms with E-state index in [1.54, 1.807) is 37.3 Å². The van der Waals surface area contributed by atoms with E-state index in [-0.39, 0.29) is 17.1 Å². The number of methoxy groups -OCH3 is 1. The number of allylic oxidation sites excluding steroid dienone is 1. The molecule has 4 rings (SSSR count). The highest BCUT2D eigenvalue weighted by Gasteiger charge is 2.38. The van der Waals surface area contributed by atoms with Gasteiger partial charge in [0.05, 0.1) is 39.7 Å². The Morgan fingerprint density at radius 3 is 2.09 bits per heavy atom. The molecular formula is C26H22Cl2N2O3. The van der Waals surface area contributed by atoms with E-state index in [0.717, 1.165) is 22.6 Å². The first-order valence-electron chi connectivity index (χ1n) is 10.3. The summed E-state index contributed by atoms with van der Waals surface area (Å²) in [6.07, 6.45) is 1.73. The molecule has 0 aliphatic carbocycles. The molecule has 2 aromatic carbocycles. The minimum absolute atomic E-state index is 0.213. The second kappa shape index (κ2) is 8.93. The second-order valence-electron chi connectivity index (χ2n) is 7.72. The number of hydrogen-bond donors (Lipinski definition) is 0. The van der Waals surface area contributed by atoms with Gasteiger partial charge in [-0.15, -0.1) is 0 Å². The third-order valence-electron chi connectivity index (χ3n) is 5.75. The fourth-order valence-electron chi connectivity index (χ4n) is 4.20. The molecule has 3 aromatic rings. The molecule has 0 fully saturated rings. The van der Waals surface area contributed by atoms with Crippen molar-refractivity contribution < 1.29 is 14.3 Å². The molecule has 0 radical (unpaired) electrons. The normalized spacial score (nSPS) is 15.0. The second-order valence-corrected chi connectivity index (χ2v) is 8.53. The summed E-state index contributed by atoms with van der Waals surface area (Å²) in [7, 11) is 1.30. The number of esters is 1. The van der Waals surface area contributed by atoms with Crippen LogP contribution in [-0.2, 0) is 14.3 Å². The Hall–Kier alpha value is -3.28. The molecular weight excluding hydrogens is 459 g/mol. The zero-order valence-corrected chi connectivity index (χ0v) is 20.2. The van der Waals surface area contributed by atoms with Crippen molar-refractivity contribution in [3.63, 3.8) is 0 Å². The molecule has 0 bridgehead atoms. The lowest BCUT2D eigenvalue weighted by atomic mass is 10.0. The average molecular weight is 481 g/mol. The zero-order chi connectivity index (χ0) is 23.9. The van der Waals surface area contributed by atoms with Crippen molar-refractivity contribution in [3.8, 4) is 5.69 Å². The molecule has 0 saturated carbocycles. The van der Waals surface area contributed by atoms with Crippen LogP contribution in [0.25, 0.3) is 11.8 Å². The number of aromatic nitrogens is 1. The molecule has 33 heavy (non-hydrogen) atoms. The van der Waals surface area contributed by atoms with Gasteiger partial charge in [0.2, 0.25) is 0 Å². The van der Waals surface area contributed by atoms with E-state index in [0.29, 0.717) is 21.4 Å². The monoisotopic (exact) mass is 480 g/mol. The summed E-state index contributed by atoms with van der Waals surface area (Å²) >= 11 is 12.8. The van der Waals surface area contributed by atoms with Gasteiger partial charge in [0.1, 0.15) is 0 Å². The number of aryl methyl sites for hydroxylation is 1. The minimum Gasteiger partial charge on any atom is -0.465 e. The summed E-state index contributed by atoms with van der Waals surface area (Å²) in [5.41, 5.74) is 4.91. The number of amides is 1. The van der Waals surface area contributed by atoms with Crippen LogP contribution >= 0.6 is 23.2 Å². The highest BCUT2D eigenvalue weighted by atomic mass is 35.5. The number of anilines is 1. The molecule has 1 amide bonds. The number of ether oxygens (including phenoxy) is 1. The zero-order valence-electron chi connectivity index (χ0n) is 18.6. The largest absolute Gasteiger partial charge is 0.465 e. The summed E-state index contributed by atoms with van der Waals surface area (Å²) in [6.45, 7) is 5.62. The number of carbonyl (C=O) groups is 2. The maximum absolute atomic E-state index is 13.6. The molecule has 7 heteroatoms. The molecule has 0 spiro atoms. The van der Waals surface area contributed by atoms with E-state index in [4.69, 9.17) is 27.9 Å². The van der Waals surface area contributed by atoms with Crippen molar-refractivity contribution in [1.82, 2.24) is 4.57 Å². The third kappa shape index (κ3) is 3.88. The topological polar surface area (TPSA) is 51.5 Å². The average Bonchev–Trinajstić information content (AvgIpc) is 3.20. The van der Waals surface area contributed by atoms with Crippen LogP contribution in [0.4, 0.5) is 5.69 Å². The van der Waals surface area contributed by atoms with E-state index in [1.165, 1.54) is 12.0 Å². The van der Waals surface area contributed by atoms with E-state index in [2.05, 4.69) is 0 Å². The Balaban J connectivity index is 1.88. The van der Waals surface area contributed by atoms with Crippen molar-refractivity contribution in [1.29, 1.82) is 0 Å². The molecule has 1 aliphatic heterocycles. The predicted molar refractivity (Wildman–Crippen MR) is 132 cm³/mol. The van der Waals surface area contributed by atoms with E-state index < -0.39 is 5.97 Å². The molecule has 1 aromatic heterocycles. The maximum Gasteiger partial charge on any atom is 0.340 e. The number of carbonyl (C=O) groups excluding carboxylic acids is 2. The summed E-state index contributed by atoms with van der Waals surface area (Å²) in [6, 6.07) is 16.5. The van der Waals surface area contributed by atoms with Crippen LogP contribution in [-0.4, -0.2) is 23.6 Å². The summed E-state index contributed by atoms with van der Waals surface area (Å²) < 4.78 is 7.03. The van der Waals surface area contributed by atoms with Gasteiger partial charge in [-0.05, 0) is 62.7 Å². The molecule has 2 heterocycles. The molecule has 5 nitrogen and oxygen atoms in total.